The summed E-state index contributed by atoms with van der Waals surface area (Å²) in [6.45, 7) is 4.58. The standard InChI is InChI=1S/C20H18ClNO/c1-3-23-20-11-9-15-6-4-5-7-17(15)18(20)13-22-16-10-8-14(2)19(21)12-16/h4-13H,3H2,1-2H3/b22-13+. The Morgan fingerprint density at radius 1 is 1.09 bits per heavy atom. The van der Waals surface area contributed by atoms with Crippen molar-refractivity contribution in [2.45, 2.75) is 13.8 Å². The van der Waals surface area contributed by atoms with E-state index in [1.807, 2.05) is 56.5 Å². The van der Waals surface area contributed by atoms with Crippen molar-refractivity contribution in [1.29, 1.82) is 0 Å². The first-order chi connectivity index (χ1) is 11.2. The van der Waals surface area contributed by atoms with Crippen LogP contribution >= 0.6 is 11.6 Å². The molecule has 3 heteroatoms. The molecule has 0 radical (unpaired) electrons. The third-order valence-electron chi connectivity index (χ3n) is 3.73. The van der Waals surface area contributed by atoms with Crippen LogP contribution in [0.15, 0.2) is 59.6 Å². The summed E-state index contributed by atoms with van der Waals surface area (Å²) in [6, 6.07) is 18.1. The highest BCUT2D eigenvalue weighted by molar-refractivity contribution is 6.31. The lowest BCUT2D eigenvalue weighted by Crippen LogP contribution is -1.97. The zero-order valence-electron chi connectivity index (χ0n) is 13.2. The summed E-state index contributed by atoms with van der Waals surface area (Å²) >= 11 is 6.17. The molecule has 0 aliphatic heterocycles. The molecule has 0 bridgehead atoms. The van der Waals surface area contributed by atoms with E-state index in [9.17, 15) is 0 Å². The van der Waals surface area contributed by atoms with Gasteiger partial charge in [0.25, 0.3) is 0 Å². The Balaban J connectivity index is 2.07. The number of aliphatic imine (C=N–C) groups is 1. The number of hydrogen-bond donors (Lipinski definition) is 0. The van der Waals surface area contributed by atoms with E-state index in [4.69, 9.17) is 16.3 Å². The Hall–Kier alpha value is -2.32. The van der Waals surface area contributed by atoms with Gasteiger partial charge >= 0.3 is 0 Å². The van der Waals surface area contributed by atoms with E-state index in [-0.39, 0.29) is 0 Å². The van der Waals surface area contributed by atoms with Crippen LogP contribution in [0.25, 0.3) is 10.8 Å². The second kappa shape index (κ2) is 6.84. The molecule has 0 aliphatic carbocycles. The molecule has 2 nitrogen and oxygen atoms in total. The van der Waals surface area contributed by atoms with Crippen LogP contribution in [0.4, 0.5) is 5.69 Å². The van der Waals surface area contributed by atoms with Gasteiger partial charge in [-0.2, -0.15) is 0 Å². The van der Waals surface area contributed by atoms with Crippen LogP contribution in [0.3, 0.4) is 0 Å². The van der Waals surface area contributed by atoms with E-state index in [1.165, 1.54) is 5.39 Å². The normalized spacial score (nSPS) is 11.3. The molecule has 3 aromatic carbocycles. The minimum Gasteiger partial charge on any atom is -0.493 e. The first-order valence-electron chi connectivity index (χ1n) is 7.64. The van der Waals surface area contributed by atoms with Gasteiger partial charge in [0.2, 0.25) is 0 Å². The molecule has 0 N–H and O–H groups in total. The van der Waals surface area contributed by atoms with Gasteiger partial charge in [-0.25, -0.2) is 0 Å². The maximum Gasteiger partial charge on any atom is 0.128 e. The quantitative estimate of drug-likeness (QED) is 0.543. The average Bonchev–Trinajstić information content (AvgIpc) is 2.57. The Morgan fingerprint density at radius 3 is 2.70 bits per heavy atom. The predicted molar refractivity (Wildman–Crippen MR) is 98.6 cm³/mol. The van der Waals surface area contributed by atoms with Gasteiger partial charge in [0.1, 0.15) is 5.75 Å². The molecule has 0 amide bonds. The Bertz CT molecular complexity index is 871. The molecule has 0 aliphatic rings. The molecule has 0 fully saturated rings. The lowest BCUT2D eigenvalue weighted by molar-refractivity contribution is 0.340. The molecule has 0 atom stereocenters. The van der Waals surface area contributed by atoms with Gasteiger partial charge in [0.15, 0.2) is 0 Å². The van der Waals surface area contributed by atoms with E-state index in [1.54, 1.807) is 0 Å². The number of rotatable bonds is 4. The third kappa shape index (κ3) is 3.38. The number of halogens is 1. The molecule has 0 aromatic heterocycles. The molecule has 0 heterocycles. The molecule has 116 valence electrons. The summed E-state index contributed by atoms with van der Waals surface area (Å²) in [5.74, 6) is 0.841. The van der Waals surface area contributed by atoms with Gasteiger partial charge in [-0.15, -0.1) is 0 Å². The fourth-order valence-corrected chi connectivity index (χ4v) is 2.67. The van der Waals surface area contributed by atoms with Crippen LogP contribution in [0.5, 0.6) is 5.75 Å². The number of aryl methyl sites for hydroxylation is 1. The van der Waals surface area contributed by atoms with E-state index in [2.05, 4.69) is 23.2 Å². The van der Waals surface area contributed by atoms with Crippen LogP contribution in [0.2, 0.25) is 5.02 Å². The number of benzene rings is 3. The first kappa shape index (κ1) is 15.6. The SMILES string of the molecule is CCOc1ccc2ccccc2c1/C=N/c1ccc(C)c(Cl)c1. The lowest BCUT2D eigenvalue weighted by atomic mass is 10.0. The summed E-state index contributed by atoms with van der Waals surface area (Å²) in [5.41, 5.74) is 2.86. The average molecular weight is 324 g/mol. The number of ether oxygens (including phenoxy) is 1. The smallest absolute Gasteiger partial charge is 0.128 e. The van der Waals surface area contributed by atoms with Crippen LogP contribution in [-0.4, -0.2) is 12.8 Å². The number of hydrogen-bond acceptors (Lipinski definition) is 2. The molecule has 0 saturated heterocycles. The van der Waals surface area contributed by atoms with Gasteiger partial charge in [0.05, 0.1) is 12.3 Å². The second-order valence-electron chi connectivity index (χ2n) is 5.32. The maximum atomic E-state index is 6.17. The van der Waals surface area contributed by atoms with Crippen LogP contribution in [-0.2, 0) is 0 Å². The highest BCUT2D eigenvalue weighted by Gasteiger charge is 2.06. The molecule has 3 rings (SSSR count). The van der Waals surface area contributed by atoms with Gasteiger partial charge < -0.3 is 4.74 Å². The molecular weight excluding hydrogens is 306 g/mol. The first-order valence-corrected chi connectivity index (χ1v) is 8.01. The molecule has 23 heavy (non-hydrogen) atoms. The van der Waals surface area contributed by atoms with E-state index >= 15 is 0 Å². The molecular formula is C20H18ClNO. The van der Waals surface area contributed by atoms with E-state index < -0.39 is 0 Å². The fourth-order valence-electron chi connectivity index (χ4n) is 2.49. The number of fused-ring (bicyclic) bond motifs is 1. The fraction of sp³-hybridized carbons (Fsp3) is 0.150. The van der Waals surface area contributed by atoms with Crippen molar-refractivity contribution < 1.29 is 4.74 Å². The Labute approximate surface area is 141 Å². The van der Waals surface area contributed by atoms with Gasteiger partial charge in [-0.05, 0) is 48.4 Å². The summed E-state index contributed by atoms with van der Waals surface area (Å²) in [6.07, 6.45) is 1.86. The summed E-state index contributed by atoms with van der Waals surface area (Å²) in [7, 11) is 0. The van der Waals surface area contributed by atoms with Gasteiger partial charge in [0, 0.05) is 16.8 Å². The summed E-state index contributed by atoms with van der Waals surface area (Å²) < 4.78 is 5.76. The minimum atomic E-state index is 0.621. The third-order valence-corrected chi connectivity index (χ3v) is 4.14. The Kier molecular flexibility index (Phi) is 4.63. The van der Waals surface area contributed by atoms with Crippen molar-refractivity contribution in [3.05, 3.63) is 70.7 Å². The molecule has 0 saturated carbocycles. The lowest BCUT2D eigenvalue weighted by Gasteiger charge is -2.10. The molecule has 0 unspecified atom stereocenters. The van der Waals surface area contributed by atoms with Crippen molar-refractivity contribution in [3.8, 4) is 5.75 Å². The predicted octanol–water partition coefficient (Wildman–Crippen LogP) is 5.95. The topological polar surface area (TPSA) is 21.6 Å². The largest absolute Gasteiger partial charge is 0.493 e. The Morgan fingerprint density at radius 2 is 1.91 bits per heavy atom. The van der Waals surface area contributed by atoms with Crippen LogP contribution in [0, 0.1) is 6.92 Å². The highest BCUT2D eigenvalue weighted by Crippen LogP contribution is 2.28. The van der Waals surface area contributed by atoms with Crippen molar-refractivity contribution in [2.24, 2.45) is 4.99 Å². The maximum absolute atomic E-state index is 6.17. The van der Waals surface area contributed by atoms with Gasteiger partial charge in [-0.1, -0.05) is 48.0 Å². The number of nitrogens with zero attached hydrogens (tertiary/aromatic N) is 1. The monoisotopic (exact) mass is 323 g/mol. The van der Waals surface area contributed by atoms with E-state index in [0.29, 0.717) is 6.61 Å². The van der Waals surface area contributed by atoms with Crippen molar-refractivity contribution in [3.63, 3.8) is 0 Å². The van der Waals surface area contributed by atoms with Gasteiger partial charge in [-0.3, -0.25) is 4.99 Å². The van der Waals surface area contributed by atoms with Crippen molar-refractivity contribution in [1.82, 2.24) is 0 Å². The zero-order chi connectivity index (χ0) is 16.2. The highest BCUT2D eigenvalue weighted by atomic mass is 35.5. The minimum absolute atomic E-state index is 0.621. The molecule has 3 aromatic rings. The van der Waals surface area contributed by atoms with Crippen molar-refractivity contribution in [2.75, 3.05) is 6.61 Å². The summed E-state index contributed by atoms with van der Waals surface area (Å²) in [5, 5.41) is 3.02. The van der Waals surface area contributed by atoms with Crippen molar-refractivity contribution >= 4 is 34.3 Å². The second-order valence-corrected chi connectivity index (χ2v) is 5.73. The summed E-state index contributed by atoms with van der Waals surface area (Å²) in [4.78, 5) is 4.58. The van der Waals surface area contributed by atoms with Crippen LogP contribution in [0.1, 0.15) is 18.1 Å². The zero-order valence-corrected chi connectivity index (χ0v) is 14.0. The van der Waals surface area contributed by atoms with E-state index in [0.717, 1.165) is 33.0 Å². The molecule has 0 spiro atoms. The van der Waals surface area contributed by atoms with Crippen LogP contribution < -0.4 is 4.74 Å².